The predicted octanol–water partition coefficient (Wildman–Crippen LogP) is 6.29. The number of para-hydroxylation sites is 1. The van der Waals surface area contributed by atoms with E-state index in [2.05, 4.69) is 67.4 Å². The molecule has 33 heavy (non-hydrogen) atoms. The number of aryl methyl sites for hydroxylation is 1. The number of benzene rings is 2. The Balaban J connectivity index is 1.66. The Bertz CT molecular complexity index is 1340. The summed E-state index contributed by atoms with van der Waals surface area (Å²) >= 11 is 0. The van der Waals surface area contributed by atoms with Gasteiger partial charge in [-0.25, -0.2) is 9.78 Å². The maximum atomic E-state index is 12.2. The molecule has 1 saturated carbocycles. The van der Waals surface area contributed by atoms with E-state index in [0.717, 1.165) is 36.1 Å². The second-order valence-corrected chi connectivity index (χ2v) is 10.6. The Morgan fingerprint density at radius 3 is 2.70 bits per heavy atom. The molecule has 5 rings (SSSR count). The van der Waals surface area contributed by atoms with Crippen LogP contribution in [0.2, 0.25) is 0 Å². The second kappa shape index (κ2) is 8.05. The number of methoxy groups -OCH3 is 1. The lowest BCUT2D eigenvalue weighted by Gasteiger charge is -2.40. The molecule has 4 aromatic rings. The maximum Gasteiger partial charge on any atom is 0.337 e. The van der Waals surface area contributed by atoms with Crippen LogP contribution in [-0.2, 0) is 18.2 Å². The zero-order chi connectivity index (χ0) is 23.3. The molecule has 5 heteroatoms. The molecule has 0 bridgehead atoms. The van der Waals surface area contributed by atoms with Gasteiger partial charge in [-0.3, -0.25) is 0 Å². The lowest BCUT2D eigenvalue weighted by molar-refractivity contribution is 0.0601. The quantitative estimate of drug-likeness (QED) is 0.348. The number of hydrogen-bond acceptors (Lipinski definition) is 3. The summed E-state index contributed by atoms with van der Waals surface area (Å²) in [6, 6.07) is 14.7. The largest absolute Gasteiger partial charge is 0.465 e. The zero-order valence-corrected chi connectivity index (χ0v) is 20.3. The fourth-order valence-corrected chi connectivity index (χ4v) is 6.15. The molecule has 2 atom stereocenters. The molecular weight excluding hydrogens is 410 g/mol. The topological polar surface area (TPSA) is 49.0 Å². The number of imidazole rings is 1. The summed E-state index contributed by atoms with van der Waals surface area (Å²) in [6.07, 6.45) is 6.51. The second-order valence-electron chi connectivity index (χ2n) is 10.6. The fourth-order valence-electron chi connectivity index (χ4n) is 6.15. The van der Waals surface area contributed by atoms with Crippen LogP contribution in [0.3, 0.4) is 0 Å². The Kier molecular flexibility index (Phi) is 5.31. The Hall–Kier alpha value is -3.08. The van der Waals surface area contributed by atoms with Crippen LogP contribution in [0, 0.1) is 11.3 Å². The lowest BCUT2D eigenvalue weighted by Crippen LogP contribution is -2.30. The van der Waals surface area contributed by atoms with Gasteiger partial charge < -0.3 is 13.9 Å². The Labute approximate surface area is 195 Å². The fraction of sp³-hybridized carbons (Fsp3) is 0.429. The number of aromatic nitrogens is 3. The van der Waals surface area contributed by atoms with Crippen LogP contribution in [0.15, 0.2) is 48.7 Å². The van der Waals surface area contributed by atoms with Crippen LogP contribution in [0.5, 0.6) is 0 Å². The molecule has 2 heterocycles. The van der Waals surface area contributed by atoms with E-state index in [1.807, 2.05) is 18.2 Å². The highest BCUT2D eigenvalue weighted by atomic mass is 16.5. The molecule has 0 radical (unpaired) electrons. The van der Waals surface area contributed by atoms with E-state index in [-0.39, 0.29) is 5.97 Å². The van der Waals surface area contributed by atoms with Gasteiger partial charge in [-0.1, -0.05) is 39.0 Å². The molecule has 0 N–H and O–H groups in total. The molecule has 5 nitrogen and oxygen atoms in total. The van der Waals surface area contributed by atoms with Crippen LogP contribution in [0.1, 0.15) is 67.8 Å². The highest BCUT2D eigenvalue weighted by molar-refractivity contribution is 5.93. The van der Waals surface area contributed by atoms with E-state index in [1.54, 1.807) is 0 Å². The van der Waals surface area contributed by atoms with Crippen LogP contribution >= 0.6 is 0 Å². The van der Waals surface area contributed by atoms with Gasteiger partial charge in [-0.2, -0.15) is 0 Å². The highest BCUT2D eigenvalue weighted by Gasteiger charge is 2.34. The first kappa shape index (κ1) is 21.7. The van der Waals surface area contributed by atoms with E-state index in [9.17, 15) is 4.79 Å². The molecule has 0 amide bonds. The Morgan fingerprint density at radius 1 is 1.15 bits per heavy atom. The third-order valence-electron chi connectivity index (χ3n) is 7.24. The molecule has 0 saturated heterocycles. The lowest BCUT2D eigenvalue weighted by atomic mass is 9.70. The van der Waals surface area contributed by atoms with Gasteiger partial charge >= 0.3 is 5.97 Å². The molecule has 1 aliphatic rings. The standard InChI is InChI=1S/C28H33N3O2/c1-18-12-21(16-28(2,3)15-18)31-25-11-10-19(27(32)33-5)13-23(25)29-26(31)14-20-17-30(4)24-9-7-6-8-22(20)24/h6-11,13,17-18,21H,12,14-16H2,1-5H3. The van der Waals surface area contributed by atoms with E-state index in [0.29, 0.717) is 22.9 Å². The zero-order valence-electron chi connectivity index (χ0n) is 20.3. The number of ether oxygens (including phenoxy) is 1. The van der Waals surface area contributed by atoms with Crippen molar-refractivity contribution < 1.29 is 9.53 Å². The number of hydrogen-bond donors (Lipinski definition) is 0. The number of rotatable bonds is 4. The summed E-state index contributed by atoms with van der Waals surface area (Å²) in [7, 11) is 3.52. The smallest absolute Gasteiger partial charge is 0.337 e. The predicted molar refractivity (Wildman–Crippen MR) is 133 cm³/mol. The molecule has 0 spiro atoms. The van der Waals surface area contributed by atoms with Gasteiger partial charge in [0.25, 0.3) is 0 Å². The maximum absolute atomic E-state index is 12.2. The minimum absolute atomic E-state index is 0.293. The summed E-state index contributed by atoms with van der Waals surface area (Å²) in [5.74, 6) is 1.41. The normalized spacial score (nSPS) is 20.4. The minimum atomic E-state index is -0.325. The summed E-state index contributed by atoms with van der Waals surface area (Å²) in [4.78, 5) is 17.3. The van der Waals surface area contributed by atoms with Crippen molar-refractivity contribution in [2.24, 2.45) is 18.4 Å². The van der Waals surface area contributed by atoms with Gasteiger partial charge in [0.05, 0.1) is 23.7 Å². The van der Waals surface area contributed by atoms with Crippen molar-refractivity contribution in [3.63, 3.8) is 0 Å². The van der Waals surface area contributed by atoms with Crippen molar-refractivity contribution in [2.45, 2.75) is 52.5 Å². The van der Waals surface area contributed by atoms with Crippen LogP contribution in [-0.4, -0.2) is 27.2 Å². The monoisotopic (exact) mass is 443 g/mol. The molecule has 172 valence electrons. The number of esters is 1. The van der Waals surface area contributed by atoms with Gasteiger partial charge in [-0.05, 0) is 60.4 Å². The average Bonchev–Trinajstić information content (AvgIpc) is 3.28. The average molecular weight is 444 g/mol. The van der Waals surface area contributed by atoms with Crippen molar-refractivity contribution in [3.05, 3.63) is 65.6 Å². The van der Waals surface area contributed by atoms with Gasteiger partial charge in [0.2, 0.25) is 0 Å². The molecule has 1 aliphatic carbocycles. The minimum Gasteiger partial charge on any atom is -0.465 e. The van der Waals surface area contributed by atoms with Crippen LogP contribution in [0.25, 0.3) is 21.9 Å². The highest BCUT2D eigenvalue weighted by Crippen LogP contribution is 2.45. The number of carbonyl (C=O) groups is 1. The van der Waals surface area contributed by atoms with Gasteiger partial charge in [0.1, 0.15) is 5.82 Å². The van der Waals surface area contributed by atoms with Crippen molar-refractivity contribution in [2.75, 3.05) is 7.11 Å². The van der Waals surface area contributed by atoms with Crippen molar-refractivity contribution in [1.82, 2.24) is 14.1 Å². The van der Waals surface area contributed by atoms with E-state index in [4.69, 9.17) is 9.72 Å². The van der Waals surface area contributed by atoms with Crippen molar-refractivity contribution >= 4 is 27.9 Å². The molecule has 2 unspecified atom stereocenters. The first-order chi connectivity index (χ1) is 15.8. The van der Waals surface area contributed by atoms with E-state index >= 15 is 0 Å². The summed E-state index contributed by atoms with van der Waals surface area (Å²) in [5.41, 5.74) is 5.32. The molecule has 0 aliphatic heterocycles. The van der Waals surface area contributed by atoms with Crippen LogP contribution < -0.4 is 0 Å². The summed E-state index contributed by atoms with van der Waals surface area (Å²) < 4.78 is 9.61. The van der Waals surface area contributed by atoms with Gasteiger partial charge in [-0.15, -0.1) is 0 Å². The molecular formula is C28H33N3O2. The Morgan fingerprint density at radius 2 is 1.94 bits per heavy atom. The SMILES string of the molecule is COC(=O)c1ccc2c(c1)nc(Cc1cn(C)c3ccccc13)n2C1CC(C)CC(C)(C)C1. The summed E-state index contributed by atoms with van der Waals surface area (Å²) in [5, 5.41) is 1.27. The number of carbonyl (C=O) groups excluding carboxylic acids is 1. The molecule has 1 fully saturated rings. The van der Waals surface area contributed by atoms with Crippen LogP contribution in [0.4, 0.5) is 0 Å². The first-order valence-corrected chi connectivity index (χ1v) is 11.9. The number of fused-ring (bicyclic) bond motifs is 2. The van der Waals surface area contributed by atoms with Gasteiger partial charge in [0, 0.05) is 36.6 Å². The third kappa shape index (κ3) is 3.94. The summed E-state index contributed by atoms with van der Waals surface area (Å²) in [6.45, 7) is 7.13. The third-order valence-corrected chi connectivity index (χ3v) is 7.24. The van der Waals surface area contributed by atoms with E-state index in [1.165, 1.54) is 30.0 Å². The number of nitrogens with zero attached hydrogens (tertiary/aromatic N) is 3. The van der Waals surface area contributed by atoms with E-state index < -0.39 is 0 Å². The molecule has 2 aromatic carbocycles. The first-order valence-electron chi connectivity index (χ1n) is 11.9. The van der Waals surface area contributed by atoms with Gasteiger partial charge in [0.15, 0.2) is 0 Å². The van der Waals surface area contributed by atoms with Crippen molar-refractivity contribution in [1.29, 1.82) is 0 Å². The molecule has 2 aromatic heterocycles. The van der Waals surface area contributed by atoms with Crippen molar-refractivity contribution in [3.8, 4) is 0 Å².